The number of pyridine rings is 1. The Balaban J connectivity index is 1.78. The van der Waals surface area contributed by atoms with E-state index in [1.807, 2.05) is 12.1 Å². The quantitative estimate of drug-likeness (QED) is 0.910. The first-order valence-corrected chi connectivity index (χ1v) is 7.04. The Morgan fingerprint density at radius 3 is 2.80 bits per heavy atom. The van der Waals surface area contributed by atoms with E-state index in [2.05, 4.69) is 16.0 Å². The minimum absolute atomic E-state index is 0.331. The summed E-state index contributed by atoms with van der Waals surface area (Å²) >= 11 is 0. The summed E-state index contributed by atoms with van der Waals surface area (Å²) in [6.45, 7) is 2.19. The maximum atomic E-state index is 11.3. The highest BCUT2D eigenvalue weighted by molar-refractivity contribution is 6.03. The molecule has 0 amide bonds. The number of rotatable bonds is 2. The van der Waals surface area contributed by atoms with E-state index in [0.717, 1.165) is 29.7 Å². The summed E-state index contributed by atoms with van der Waals surface area (Å²) in [5.74, 6) is -0.894. The Hall–Kier alpha value is -2.10. The third-order valence-corrected chi connectivity index (χ3v) is 4.72. The van der Waals surface area contributed by atoms with Crippen LogP contribution >= 0.6 is 0 Å². The number of anilines is 1. The number of fused-ring (bicyclic) bond motifs is 1. The molecule has 0 radical (unpaired) electrons. The SMILES string of the molecule is O=C(O)c1ccnc2ccc(N3CCC4(CC4)C3)cc12. The van der Waals surface area contributed by atoms with Crippen molar-refractivity contribution in [3.05, 3.63) is 36.0 Å². The van der Waals surface area contributed by atoms with Crippen molar-refractivity contribution in [2.75, 3.05) is 18.0 Å². The fourth-order valence-corrected chi connectivity index (χ4v) is 3.26. The molecule has 0 unspecified atom stereocenters. The molecule has 2 aromatic rings. The van der Waals surface area contributed by atoms with Crippen LogP contribution in [0, 0.1) is 5.41 Å². The van der Waals surface area contributed by atoms with E-state index >= 15 is 0 Å². The minimum atomic E-state index is -0.894. The topological polar surface area (TPSA) is 53.4 Å². The van der Waals surface area contributed by atoms with Crippen LogP contribution in [0.3, 0.4) is 0 Å². The van der Waals surface area contributed by atoms with Crippen molar-refractivity contribution in [2.24, 2.45) is 5.41 Å². The van der Waals surface area contributed by atoms with E-state index in [1.54, 1.807) is 12.3 Å². The largest absolute Gasteiger partial charge is 0.478 e. The molecular formula is C16H16N2O2. The van der Waals surface area contributed by atoms with Crippen molar-refractivity contribution < 1.29 is 9.90 Å². The third kappa shape index (κ3) is 1.75. The number of aromatic carboxylic acids is 1. The molecule has 1 saturated heterocycles. The number of hydrogen-bond acceptors (Lipinski definition) is 3. The Kier molecular flexibility index (Phi) is 2.31. The van der Waals surface area contributed by atoms with Gasteiger partial charge in [0.1, 0.15) is 0 Å². The number of aromatic nitrogens is 1. The zero-order valence-electron chi connectivity index (χ0n) is 11.2. The number of carbonyl (C=O) groups is 1. The molecule has 2 heterocycles. The summed E-state index contributed by atoms with van der Waals surface area (Å²) < 4.78 is 0. The van der Waals surface area contributed by atoms with Gasteiger partial charge in [0.2, 0.25) is 0 Å². The molecule has 1 aromatic heterocycles. The van der Waals surface area contributed by atoms with E-state index < -0.39 is 5.97 Å². The third-order valence-electron chi connectivity index (χ3n) is 4.72. The molecule has 102 valence electrons. The lowest BCUT2D eigenvalue weighted by atomic mass is 10.1. The maximum absolute atomic E-state index is 11.3. The van der Waals surface area contributed by atoms with Gasteiger partial charge in [-0.25, -0.2) is 4.79 Å². The maximum Gasteiger partial charge on any atom is 0.336 e. The summed E-state index contributed by atoms with van der Waals surface area (Å²) in [4.78, 5) is 18.0. The van der Waals surface area contributed by atoms with Gasteiger partial charge in [-0.2, -0.15) is 0 Å². The van der Waals surface area contributed by atoms with Gasteiger partial charge in [0, 0.05) is 30.4 Å². The zero-order chi connectivity index (χ0) is 13.7. The van der Waals surface area contributed by atoms with Crippen molar-refractivity contribution in [1.29, 1.82) is 0 Å². The van der Waals surface area contributed by atoms with Crippen LogP contribution in [0.15, 0.2) is 30.5 Å². The standard InChI is InChI=1S/C16H16N2O2/c19-15(20)12-3-7-17-14-2-1-11(9-13(12)14)18-8-6-16(10-18)4-5-16/h1-3,7,9H,4-6,8,10H2,(H,19,20). The Bertz CT molecular complexity index is 707. The molecule has 2 fully saturated rings. The molecule has 20 heavy (non-hydrogen) atoms. The van der Waals surface area contributed by atoms with Crippen LogP contribution in [0.1, 0.15) is 29.6 Å². The summed E-state index contributed by atoms with van der Waals surface area (Å²) in [5.41, 5.74) is 2.77. The number of carboxylic acid groups (broad SMARTS) is 1. The van der Waals surface area contributed by atoms with Gasteiger partial charge in [0.15, 0.2) is 0 Å². The molecule has 1 spiro atoms. The smallest absolute Gasteiger partial charge is 0.336 e. The predicted octanol–water partition coefficient (Wildman–Crippen LogP) is 2.92. The van der Waals surface area contributed by atoms with Gasteiger partial charge in [0.05, 0.1) is 11.1 Å². The van der Waals surface area contributed by atoms with Crippen molar-refractivity contribution in [3.8, 4) is 0 Å². The summed E-state index contributed by atoms with van der Waals surface area (Å²) in [6, 6.07) is 7.53. The van der Waals surface area contributed by atoms with Crippen LogP contribution in [0.2, 0.25) is 0 Å². The molecule has 4 nitrogen and oxygen atoms in total. The normalized spacial score (nSPS) is 19.7. The van der Waals surface area contributed by atoms with Gasteiger partial charge in [-0.15, -0.1) is 0 Å². The molecule has 0 atom stereocenters. The van der Waals surface area contributed by atoms with Gasteiger partial charge < -0.3 is 10.0 Å². The van der Waals surface area contributed by atoms with Crippen molar-refractivity contribution in [2.45, 2.75) is 19.3 Å². The number of hydrogen-bond donors (Lipinski definition) is 1. The Morgan fingerprint density at radius 1 is 1.25 bits per heavy atom. The number of carboxylic acids is 1. The molecule has 2 aliphatic rings. The highest BCUT2D eigenvalue weighted by Crippen LogP contribution is 2.53. The summed E-state index contributed by atoms with van der Waals surface area (Å²) in [5, 5.41) is 10.0. The van der Waals surface area contributed by atoms with Gasteiger partial charge >= 0.3 is 5.97 Å². The molecule has 1 aliphatic carbocycles. The molecule has 1 saturated carbocycles. The van der Waals surface area contributed by atoms with Crippen LogP contribution < -0.4 is 4.90 Å². The van der Waals surface area contributed by atoms with Crippen LogP contribution in [0.4, 0.5) is 5.69 Å². The monoisotopic (exact) mass is 268 g/mol. The Labute approximate surface area is 117 Å². The lowest BCUT2D eigenvalue weighted by Gasteiger charge is -2.19. The van der Waals surface area contributed by atoms with E-state index in [9.17, 15) is 9.90 Å². The van der Waals surface area contributed by atoms with Gasteiger partial charge in [-0.3, -0.25) is 4.98 Å². The number of benzene rings is 1. The van der Waals surface area contributed by atoms with Crippen molar-refractivity contribution >= 4 is 22.6 Å². The average molecular weight is 268 g/mol. The van der Waals surface area contributed by atoms with E-state index in [1.165, 1.54) is 19.3 Å². The zero-order valence-corrected chi connectivity index (χ0v) is 11.2. The predicted molar refractivity (Wildman–Crippen MR) is 77.2 cm³/mol. The van der Waals surface area contributed by atoms with Crippen LogP contribution in [0.5, 0.6) is 0 Å². The van der Waals surface area contributed by atoms with E-state index in [0.29, 0.717) is 11.0 Å². The summed E-state index contributed by atoms with van der Waals surface area (Å²) in [6.07, 6.45) is 5.52. The number of nitrogens with zero attached hydrogens (tertiary/aromatic N) is 2. The molecule has 1 N–H and O–H groups in total. The molecule has 1 aliphatic heterocycles. The first-order chi connectivity index (χ1) is 9.67. The fourth-order valence-electron chi connectivity index (χ4n) is 3.26. The van der Waals surface area contributed by atoms with Crippen LogP contribution in [-0.2, 0) is 0 Å². The highest BCUT2D eigenvalue weighted by Gasteiger charge is 2.47. The second-order valence-corrected chi connectivity index (χ2v) is 6.04. The van der Waals surface area contributed by atoms with Gasteiger partial charge in [-0.1, -0.05) is 0 Å². The van der Waals surface area contributed by atoms with E-state index in [-0.39, 0.29) is 0 Å². The van der Waals surface area contributed by atoms with Gasteiger partial charge in [0.25, 0.3) is 0 Å². The second-order valence-electron chi connectivity index (χ2n) is 6.04. The van der Waals surface area contributed by atoms with Crippen LogP contribution in [-0.4, -0.2) is 29.1 Å². The highest BCUT2D eigenvalue weighted by atomic mass is 16.4. The second kappa shape index (κ2) is 3.95. The molecule has 1 aromatic carbocycles. The first kappa shape index (κ1) is 11.7. The van der Waals surface area contributed by atoms with E-state index in [4.69, 9.17) is 0 Å². The molecule has 4 heteroatoms. The average Bonchev–Trinajstić information content (AvgIpc) is 3.07. The fraction of sp³-hybridized carbons (Fsp3) is 0.375. The molecular weight excluding hydrogens is 252 g/mol. The molecule has 4 rings (SSSR count). The van der Waals surface area contributed by atoms with Crippen molar-refractivity contribution in [3.63, 3.8) is 0 Å². The minimum Gasteiger partial charge on any atom is -0.478 e. The Morgan fingerprint density at radius 2 is 2.10 bits per heavy atom. The van der Waals surface area contributed by atoms with Gasteiger partial charge in [-0.05, 0) is 48.9 Å². The molecule has 0 bridgehead atoms. The lowest BCUT2D eigenvalue weighted by molar-refractivity contribution is 0.0699. The van der Waals surface area contributed by atoms with Crippen molar-refractivity contribution in [1.82, 2.24) is 4.98 Å². The lowest BCUT2D eigenvalue weighted by Crippen LogP contribution is -2.19. The first-order valence-electron chi connectivity index (χ1n) is 7.04. The van der Waals surface area contributed by atoms with Crippen LogP contribution in [0.25, 0.3) is 10.9 Å². The summed E-state index contributed by atoms with van der Waals surface area (Å²) in [7, 11) is 0.